The van der Waals surface area contributed by atoms with E-state index >= 15 is 0 Å². The van der Waals surface area contributed by atoms with Crippen molar-refractivity contribution in [3.05, 3.63) is 28.8 Å². The second-order valence-electron chi connectivity index (χ2n) is 5.78. The van der Waals surface area contributed by atoms with Crippen molar-refractivity contribution in [1.29, 1.82) is 0 Å². The molecule has 1 heterocycles. The predicted octanol–water partition coefficient (Wildman–Crippen LogP) is 1.92. The second kappa shape index (κ2) is 6.16. The Morgan fingerprint density at radius 3 is 2.33 bits per heavy atom. The molecule has 1 aliphatic heterocycles. The molecule has 0 unspecified atom stereocenters. The Morgan fingerprint density at radius 2 is 1.81 bits per heavy atom. The Labute approximate surface area is 124 Å². The summed E-state index contributed by atoms with van der Waals surface area (Å²) >= 11 is 0. The van der Waals surface area contributed by atoms with Crippen LogP contribution in [0.3, 0.4) is 0 Å². The van der Waals surface area contributed by atoms with E-state index in [4.69, 9.17) is 9.84 Å². The van der Waals surface area contributed by atoms with E-state index in [0.29, 0.717) is 13.1 Å². The minimum absolute atomic E-state index is 0.00450. The van der Waals surface area contributed by atoms with Crippen LogP contribution in [0.15, 0.2) is 12.1 Å². The van der Waals surface area contributed by atoms with Gasteiger partial charge in [0.05, 0.1) is 6.42 Å². The number of ether oxygens (including phenoxy) is 1. The van der Waals surface area contributed by atoms with Gasteiger partial charge >= 0.3 is 5.97 Å². The second-order valence-corrected chi connectivity index (χ2v) is 5.78. The van der Waals surface area contributed by atoms with Crippen LogP contribution in [0.1, 0.15) is 23.1 Å². The zero-order valence-electron chi connectivity index (χ0n) is 12.7. The molecule has 5 heteroatoms. The molecule has 5 nitrogen and oxygen atoms in total. The van der Waals surface area contributed by atoms with Gasteiger partial charge in [-0.2, -0.15) is 0 Å². The van der Waals surface area contributed by atoms with Gasteiger partial charge in [0.2, 0.25) is 0 Å². The van der Waals surface area contributed by atoms with Crippen molar-refractivity contribution >= 4 is 11.9 Å². The van der Waals surface area contributed by atoms with Crippen LogP contribution >= 0.6 is 0 Å². The lowest BCUT2D eigenvalue weighted by Crippen LogP contribution is -2.52. The van der Waals surface area contributed by atoms with Gasteiger partial charge in [-0.3, -0.25) is 9.59 Å². The third kappa shape index (κ3) is 3.74. The number of likely N-dealkylation sites (tertiary alicyclic amines) is 1. The van der Waals surface area contributed by atoms with Crippen LogP contribution in [0.25, 0.3) is 0 Å². The van der Waals surface area contributed by atoms with E-state index in [1.807, 2.05) is 32.9 Å². The number of hydrogen-bond donors (Lipinski definition) is 1. The summed E-state index contributed by atoms with van der Waals surface area (Å²) in [5.41, 5.74) is 3.21. The number of nitrogens with zero attached hydrogens (tertiary/aromatic N) is 1. The normalized spacial score (nSPS) is 14.7. The van der Waals surface area contributed by atoms with Crippen molar-refractivity contribution in [2.24, 2.45) is 5.92 Å². The third-order valence-electron chi connectivity index (χ3n) is 3.72. The van der Waals surface area contributed by atoms with Gasteiger partial charge in [-0.15, -0.1) is 0 Å². The summed E-state index contributed by atoms with van der Waals surface area (Å²) in [6.45, 7) is 6.99. The average molecular weight is 291 g/mol. The highest BCUT2D eigenvalue weighted by Gasteiger charge is 2.32. The Morgan fingerprint density at radius 1 is 1.24 bits per heavy atom. The maximum atomic E-state index is 12.0. The number of benzene rings is 1. The molecule has 2 rings (SSSR count). The smallest absolute Gasteiger partial charge is 0.303 e. The minimum Gasteiger partial charge on any atom is -0.483 e. The summed E-state index contributed by atoms with van der Waals surface area (Å²) < 4.78 is 5.65. The summed E-state index contributed by atoms with van der Waals surface area (Å²) in [5.74, 6) is -0.0591. The lowest BCUT2D eigenvalue weighted by Gasteiger charge is -2.38. The molecule has 1 aromatic carbocycles. The number of rotatable bonds is 5. The standard InChI is InChI=1S/C16H21NO4/c1-10-4-11(2)16(12(3)5-10)21-9-14(18)17-7-13(8-17)6-15(19)20/h4-5,13H,6-9H2,1-3H3,(H,19,20). The molecule has 1 fully saturated rings. The van der Waals surface area contributed by atoms with E-state index in [2.05, 4.69) is 0 Å². The van der Waals surface area contributed by atoms with Gasteiger partial charge in [0.1, 0.15) is 5.75 Å². The summed E-state index contributed by atoms with van der Waals surface area (Å²) in [7, 11) is 0. The fourth-order valence-corrected chi connectivity index (χ4v) is 2.77. The predicted molar refractivity (Wildman–Crippen MR) is 78.5 cm³/mol. The number of aliphatic carboxylic acids is 1. The van der Waals surface area contributed by atoms with Gasteiger partial charge in [-0.1, -0.05) is 17.7 Å². The zero-order chi connectivity index (χ0) is 15.6. The number of amides is 1. The molecule has 0 radical (unpaired) electrons. The van der Waals surface area contributed by atoms with Crippen LogP contribution in [0, 0.1) is 26.7 Å². The first-order valence-electron chi connectivity index (χ1n) is 7.07. The summed E-state index contributed by atoms with van der Waals surface area (Å²) in [6.07, 6.45) is 0.126. The maximum Gasteiger partial charge on any atom is 0.303 e. The van der Waals surface area contributed by atoms with Crippen molar-refractivity contribution in [2.45, 2.75) is 27.2 Å². The van der Waals surface area contributed by atoms with Crippen molar-refractivity contribution < 1.29 is 19.4 Å². The van der Waals surface area contributed by atoms with Crippen molar-refractivity contribution in [3.63, 3.8) is 0 Å². The van der Waals surface area contributed by atoms with Crippen LogP contribution in [-0.2, 0) is 9.59 Å². The largest absolute Gasteiger partial charge is 0.483 e. The van der Waals surface area contributed by atoms with Gasteiger partial charge in [0, 0.05) is 19.0 Å². The molecule has 1 N–H and O–H groups in total. The molecular formula is C16H21NO4. The first kappa shape index (κ1) is 15.4. The summed E-state index contributed by atoms with van der Waals surface area (Å²) in [5, 5.41) is 8.68. The molecule has 0 atom stereocenters. The van der Waals surface area contributed by atoms with Gasteiger partial charge in [0.15, 0.2) is 6.61 Å². The zero-order valence-corrected chi connectivity index (χ0v) is 12.7. The van der Waals surface area contributed by atoms with Crippen LogP contribution in [0.4, 0.5) is 0 Å². The average Bonchev–Trinajstić information content (AvgIpc) is 2.31. The minimum atomic E-state index is -0.811. The van der Waals surface area contributed by atoms with Gasteiger partial charge < -0.3 is 14.7 Å². The monoisotopic (exact) mass is 291 g/mol. The van der Waals surface area contributed by atoms with Crippen LogP contribution in [0.5, 0.6) is 5.75 Å². The molecule has 1 aromatic rings. The number of hydrogen-bond acceptors (Lipinski definition) is 3. The molecular weight excluding hydrogens is 270 g/mol. The maximum absolute atomic E-state index is 12.0. The van der Waals surface area contributed by atoms with E-state index in [-0.39, 0.29) is 24.9 Å². The molecule has 1 aliphatic rings. The molecule has 0 spiro atoms. The highest BCUT2D eigenvalue weighted by atomic mass is 16.5. The molecule has 0 aliphatic carbocycles. The van der Waals surface area contributed by atoms with Gasteiger partial charge in [0.25, 0.3) is 5.91 Å². The number of carboxylic acids is 1. The van der Waals surface area contributed by atoms with Crippen molar-refractivity contribution in [3.8, 4) is 5.75 Å². The molecule has 0 bridgehead atoms. The Bertz CT molecular complexity index is 538. The first-order valence-corrected chi connectivity index (χ1v) is 7.07. The third-order valence-corrected chi connectivity index (χ3v) is 3.72. The molecule has 0 aromatic heterocycles. The highest BCUT2D eigenvalue weighted by molar-refractivity contribution is 5.79. The van der Waals surface area contributed by atoms with Crippen LogP contribution in [-0.4, -0.2) is 41.6 Å². The number of aryl methyl sites for hydroxylation is 3. The quantitative estimate of drug-likeness (QED) is 0.900. The fourth-order valence-electron chi connectivity index (χ4n) is 2.77. The lowest BCUT2D eigenvalue weighted by atomic mass is 9.96. The fraction of sp³-hybridized carbons (Fsp3) is 0.500. The highest BCUT2D eigenvalue weighted by Crippen LogP contribution is 2.25. The van der Waals surface area contributed by atoms with E-state index < -0.39 is 5.97 Å². The van der Waals surface area contributed by atoms with E-state index in [1.54, 1.807) is 4.90 Å². The summed E-state index contributed by atoms with van der Waals surface area (Å²) in [6, 6.07) is 4.05. The van der Waals surface area contributed by atoms with E-state index in [9.17, 15) is 9.59 Å². The topological polar surface area (TPSA) is 66.8 Å². The number of carboxylic acid groups (broad SMARTS) is 1. The van der Waals surface area contributed by atoms with Crippen molar-refractivity contribution in [1.82, 2.24) is 4.90 Å². The van der Waals surface area contributed by atoms with E-state index in [1.165, 1.54) is 5.56 Å². The Hall–Kier alpha value is -2.04. The molecule has 21 heavy (non-hydrogen) atoms. The van der Waals surface area contributed by atoms with Crippen LogP contribution < -0.4 is 4.74 Å². The molecule has 1 amide bonds. The lowest BCUT2D eigenvalue weighted by molar-refractivity contribution is -0.146. The van der Waals surface area contributed by atoms with Gasteiger partial charge in [-0.05, 0) is 31.9 Å². The van der Waals surface area contributed by atoms with Gasteiger partial charge in [-0.25, -0.2) is 0 Å². The first-order chi connectivity index (χ1) is 9.86. The summed E-state index contributed by atoms with van der Waals surface area (Å²) in [4.78, 5) is 24.2. The number of carbonyl (C=O) groups excluding carboxylic acids is 1. The SMILES string of the molecule is Cc1cc(C)c(OCC(=O)N2CC(CC(=O)O)C2)c(C)c1. The van der Waals surface area contributed by atoms with Crippen LogP contribution in [0.2, 0.25) is 0 Å². The Balaban J connectivity index is 1.84. The molecule has 1 saturated heterocycles. The number of carbonyl (C=O) groups is 2. The van der Waals surface area contributed by atoms with Crippen molar-refractivity contribution in [2.75, 3.05) is 19.7 Å². The molecule has 0 saturated carbocycles. The Kier molecular flexibility index (Phi) is 4.50. The molecule has 114 valence electrons. The van der Waals surface area contributed by atoms with E-state index in [0.717, 1.165) is 16.9 Å².